The molecular formula is C12H16N2OSe. The summed E-state index contributed by atoms with van der Waals surface area (Å²) in [6.07, 6.45) is 0.248. The van der Waals surface area contributed by atoms with Crippen molar-refractivity contribution in [1.82, 2.24) is 5.43 Å². The van der Waals surface area contributed by atoms with Crippen LogP contribution < -0.4 is 9.89 Å². The molecule has 0 spiro atoms. The van der Waals surface area contributed by atoms with Gasteiger partial charge in [0.15, 0.2) is 0 Å². The molecule has 1 heterocycles. The van der Waals surface area contributed by atoms with Gasteiger partial charge in [0.25, 0.3) is 0 Å². The summed E-state index contributed by atoms with van der Waals surface area (Å²) in [6.45, 7) is 4.95. The Morgan fingerprint density at radius 3 is 2.88 bits per heavy atom. The number of benzene rings is 1. The van der Waals surface area contributed by atoms with Gasteiger partial charge in [0.2, 0.25) is 0 Å². The third-order valence-electron chi connectivity index (χ3n) is 2.44. The van der Waals surface area contributed by atoms with Crippen molar-refractivity contribution in [3.05, 3.63) is 30.3 Å². The zero-order valence-corrected chi connectivity index (χ0v) is 11.2. The second-order valence-electron chi connectivity index (χ2n) is 3.79. The minimum absolute atomic E-state index is 0.248. The van der Waals surface area contributed by atoms with Crippen LogP contribution in [0.1, 0.15) is 13.8 Å². The van der Waals surface area contributed by atoms with Crippen molar-refractivity contribution < 1.29 is 4.74 Å². The maximum absolute atomic E-state index is 5.72. The number of hydrogen-bond acceptors (Lipinski definition) is 3. The molecule has 1 aromatic carbocycles. The molecule has 86 valence electrons. The second-order valence-corrected chi connectivity index (χ2v) is 6.83. The average Bonchev–Trinajstić information content (AvgIpc) is 2.30. The Labute approximate surface area is 102 Å². The van der Waals surface area contributed by atoms with E-state index in [1.807, 2.05) is 6.92 Å². The zero-order valence-electron chi connectivity index (χ0n) is 9.51. The minimum atomic E-state index is 0.248. The molecule has 2 atom stereocenters. The van der Waals surface area contributed by atoms with E-state index in [4.69, 9.17) is 4.74 Å². The predicted molar refractivity (Wildman–Crippen MR) is 67.2 cm³/mol. The van der Waals surface area contributed by atoms with Crippen molar-refractivity contribution >= 4 is 25.3 Å². The molecule has 0 fully saturated rings. The molecule has 0 amide bonds. The van der Waals surface area contributed by atoms with Crippen LogP contribution in [-0.2, 0) is 4.74 Å². The number of ether oxygens (including phenoxy) is 1. The van der Waals surface area contributed by atoms with Gasteiger partial charge in [-0.05, 0) is 0 Å². The molecule has 16 heavy (non-hydrogen) atoms. The van der Waals surface area contributed by atoms with E-state index in [0.717, 1.165) is 12.4 Å². The van der Waals surface area contributed by atoms with Crippen LogP contribution in [0.15, 0.2) is 35.4 Å². The molecule has 1 aliphatic heterocycles. The second kappa shape index (κ2) is 5.37. The van der Waals surface area contributed by atoms with E-state index < -0.39 is 0 Å². The van der Waals surface area contributed by atoms with Crippen LogP contribution >= 0.6 is 0 Å². The summed E-state index contributed by atoms with van der Waals surface area (Å²) in [5.41, 5.74) is 3.02. The Morgan fingerprint density at radius 2 is 2.19 bits per heavy atom. The fraction of sp³-hybridized carbons (Fsp3) is 0.417. The summed E-state index contributed by atoms with van der Waals surface area (Å²) in [7, 11) is 0. The van der Waals surface area contributed by atoms with Gasteiger partial charge < -0.3 is 0 Å². The summed E-state index contributed by atoms with van der Waals surface area (Å²) in [6, 6.07) is 10.6. The Morgan fingerprint density at radius 1 is 1.44 bits per heavy atom. The Kier molecular flexibility index (Phi) is 3.86. The molecular weight excluding hydrogens is 267 g/mol. The molecule has 0 bridgehead atoms. The van der Waals surface area contributed by atoms with Gasteiger partial charge in [-0.2, -0.15) is 0 Å². The van der Waals surface area contributed by atoms with Crippen LogP contribution in [0.25, 0.3) is 0 Å². The van der Waals surface area contributed by atoms with Crippen molar-refractivity contribution in [1.29, 1.82) is 0 Å². The third kappa shape index (κ3) is 3.00. The molecule has 0 aromatic heterocycles. The van der Waals surface area contributed by atoms with Crippen LogP contribution in [0, 0.1) is 0 Å². The van der Waals surface area contributed by atoms with E-state index in [2.05, 4.69) is 47.8 Å². The number of hydrazone groups is 1. The quantitative estimate of drug-likeness (QED) is 0.844. The molecule has 0 radical (unpaired) electrons. The summed E-state index contributed by atoms with van der Waals surface area (Å²) >= 11 is 0.450. The van der Waals surface area contributed by atoms with Gasteiger partial charge in [-0.3, -0.25) is 0 Å². The van der Waals surface area contributed by atoms with Gasteiger partial charge in [-0.15, -0.1) is 0 Å². The van der Waals surface area contributed by atoms with Crippen molar-refractivity contribution in [2.24, 2.45) is 5.10 Å². The first-order valence-electron chi connectivity index (χ1n) is 5.41. The number of hydrogen-bond donors (Lipinski definition) is 1. The normalized spacial score (nSPS) is 21.6. The summed E-state index contributed by atoms with van der Waals surface area (Å²) in [5.74, 6) is 0.743. The topological polar surface area (TPSA) is 33.6 Å². The molecule has 0 saturated heterocycles. The number of rotatable bonds is 3. The van der Waals surface area contributed by atoms with Crippen LogP contribution in [0.2, 0.25) is 4.82 Å². The fourth-order valence-corrected chi connectivity index (χ4v) is 3.78. The fourth-order valence-electron chi connectivity index (χ4n) is 1.59. The third-order valence-corrected chi connectivity index (χ3v) is 5.00. The molecule has 4 heteroatoms. The molecule has 2 unspecified atom stereocenters. The van der Waals surface area contributed by atoms with Crippen LogP contribution in [0.3, 0.4) is 0 Å². The number of nitrogens with zero attached hydrogens (tertiary/aromatic N) is 1. The SMILES string of the molecule is CC1=NNCC(C(C)[Se]c2ccccc2)O1. The maximum atomic E-state index is 5.72. The Bertz CT molecular complexity index is 367. The average molecular weight is 283 g/mol. The molecule has 1 aromatic rings. The van der Waals surface area contributed by atoms with Crippen LogP contribution in [0.4, 0.5) is 0 Å². The summed E-state index contributed by atoms with van der Waals surface area (Å²) < 4.78 is 7.15. The van der Waals surface area contributed by atoms with Gasteiger partial charge >= 0.3 is 102 Å². The molecule has 2 rings (SSSR count). The van der Waals surface area contributed by atoms with Gasteiger partial charge in [-0.25, -0.2) is 0 Å². The molecule has 3 nitrogen and oxygen atoms in total. The zero-order chi connectivity index (χ0) is 11.4. The molecule has 1 N–H and O–H groups in total. The van der Waals surface area contributed by atoms with Gasteiger partial charge in [-0.1, -0.05) is 0 Å². The van der Waals surface area contributed by atoms with Gasteiger partial charge in [0.05, 0.1) is 0 Å². The van der Waals surface area contributed by atoms with Crippen LogP contribution in [-0.4, -0.2) is 33.5 Å². The standard InChI is InChI=1S/C12H16N2OSe/c1-9(12-8-13-14-10(2)15-12)16-11-6-4-3-5-7-11/h3-7,9,12-13H,8H2,1-2H3. The predicted octanol–water partition coefficient (Wildman–Crippen LogP) is 1.15. The molecule has 0 saturated carbocycles. The van der Waals surface area contributed by atoms with Crippen molar-refractivity contribution in [2.75, 3.05) is 6.54 Å². The van der Waals surface area contributed by atoms with Crippen molar-refractivity contribution in [2.45, 2.75) is 24.8 Å². The van der Waals surface area contributed by atoms with Gasteiger partial charge in [0, 0.05) is 0 Å². The summed E-state index contributed by atoms with van der Waals surface area (Å²) in [4.78, 5) is 0.549. The van der Waals surface area contributed by atoms with E-state index in [-0.39, 0.29) is 6.10 Å². The van der Waals surface area contributed by atoms with Gasteiger partial charge in [0.1, 0.15) is 0 Å². The monoisotopic (exact) mass is 284 g/mol. The van der Waals surface area contributed by atoms with Crippen molar-refractivity contribution in [3.63, 3.8) is 0 Å². The van der Waals surface area contributed by atoms with Crippen LogP contribution in [0.5, 0.6) is 0 Å². The van der Waals surface area contributed by atoms with E-state index >= 15 is 0 Å². The summed E-state index contributed by atoms with van der Waals surface area (Å²) in [5, 5.41) is 4.02. The first kappa shape index (κ1) is 11.5. The Balaban J connectivity index is 1.93. The first-order valence-corrected chi connectivity index (χ1v) is 7.26. The van der Waals surface area contributed by atoms with E-state index in [9.17, 15) is 0 Å². The van der Waals surface area contributed by atoms with Crippen molar-refractivity contribution in [3.8, 4) is 0 Å². The Hall–Kier alpha value is -0.991. The number of nitrogens with one attached hydrogen (secondary N) is 1. The molecule has 0 aliphatic carbocycles. The van der Waals surface area contributed by atoms with E-state index in [1.54, 1.807) is 0 Å². The molecule has 1 aliphatic rings. The first-order chi connectivity index (χ1) is 7.75. The van der Waals surface area contributed by atoms with E-state index in [1.165, 1.54) is 4.46 Å². The van der Waals surface area contributed by atoms with E-state index in [0.29, 0.717) is 19.8 Å².